The zero-order chi connectivity index (χ0) is 18.6. The minimum absolute atomic E-state index is 0.874. The highest BCUT2D eigenvalue weighted by Gasteiger charge is 2.15. The topological polar surface area (TPSA) is 25.8 Å². The average Bonchev–Trinajstić information content (AvgIpc) is 3.14. The summed E-state index contributed by atoms with van der Waals surface area (Å²) in [6, 6.07) is 25.3. The van der Waals surface area contributed by atoms with E-state index in [1.807, 2.05) is 6.07 Å². The molecule has 2 heterocycles. The van der Waals surface area contributed by atoms with Crippen LogP contribution in [-0.2, 0) is 12.8 Å². The number of aryl methyl sites for hydroxylation is 4. The molecular weight excluding hydrogens is 348 g/mol. The zero-order valence-electron chi connectivity index (χ0n) is 15.6. The van der Waals surface area contributed by atoms with Gasteiger partial charge in [-0.1, -0.05) is 60.7 Å². The summed E-state index contributed by atoms with van der Waals surface area (Å²) < 4.78 is 0. The first-order valence-electron chi connectivity index (χ1n) is 9.24. The van der Waals surface area contributed by atoms with Crippen molar-refractivity contribution in [2.75, 3.05) is 0 Å². The van der Waals surface area contributed by atoms with Crippen LogP contribution in [0.25, 0.3) is 21.8 Å². The molecule has 0 aliphatic rings. The van der Waals surface area contributed by atoms with E-state index in [1.54, 1.807) is 11.3 Å². The fourth-order valence-electron chi connectivity index (χ4n) is 3.26. The number of aromatic nitrogens is 2. The Morgan fingerprint density at radius 1 is 0.704 bits per heavy atom. The first kappa shape index (κ1) is 17.6. The van der Waals surface area contributed by atoms with Gasteiger partial charge in [-0.25, -0.2) is 9.97 Å². The van der Waals surface area contributed by atoms with Crippen LogP contribution in [0.4, 0.5) is 0 Å². The lowest BCUT2D eigenvalue weighted by Gasteiger charge is -2.13. The van der Waals surface area contributed by atoms with Crippen molar-refractivity contribution >= 4 is 11.3 Å². The number of thiophene rings is 1. The van der Waals surface area contributed by atoms with E-state index in [2.05, 4.69) is 80.6 Å². The molecule has 0 radical (unpaired) electrons. The minimum Gasteiger partial charge on any atom is -0.249 e. The van der Waals surface area contributed by atoms with Gasteiger partial charge in [0.15, 0.2) is 0 Å². The molecule has 4 aromatic rings. The number of hydrogen-bond donors (Lipinski definition) is 0. The Balaban J connectivity index is 1.77. The van der Waals surface area contributed by atoms with E-state index >= 15 is 0 Å². The van der Waals surface area contributed by atoms with Gasteiger partial charge in [0, 0.05) is 10.4 Å². The van der Waals surface area contributed by atoms with Gasteiger partial charge in [-0.2, -0.15) is 0 Å². The van der Waals surface area contributed by atoms with Crippen LogP contribution in [0.15, 0.2) is 72.8 Å². The van der Waals surface area contributed by atoms with Gasteiger partial charge in [0.25, 0.3) is 0 Å². The summed E-state index contributed by atoms with van der Waals surface area (Å²) in [5, 5.41) is 0. The van der Waals surface area contributed by atoms with Gasteiger partial charge < -0.3 is 0 Å². The third-order valence-corrected chi connectivity index (χ3v) is 5.66. The van der Waals surface area contributed by atoms with Crippen LogP contribution in [-0.4, -0.2) is 9.97 Å². The van der Waals surface area contributed by atoms with Crippen LogP contribution in [0.1, 0.15) is 21.8 Å². The van der Waals surface area contributed by atoms with Crippen LogP contribution >= 0.6 is 11.3 Å². The molecule has 2 aromatic carbocycles. The lowest BCUT2D eigenvalue weighted by molar-refractivity contribution is 0.899. The monoisotopic (exact) mass is 370 g/mol. The third-order valence-electron chi connectivity index (χ3n) is 4.66. The SMILES string of the molecule is Cc1ccc(-c2nc(CCc3ccccc3)c(-c3ccccc3)nc2C)s1. The second kappa shape index (κ2) is 7.85. The van der Waals surface area contributed by atoms with Crippen molar-refractivity contribution in [1.82, 2.24) is 9.97 Å². The van der Waals surface area contributed by atoms with E-state index in [9.17, 15) is 0 Å². The maximum absolute atomic E-state index is 5.10. The van der Waals surface area contributed by atoms with Crippen LogP contribution in [0.3, 0.4) is 0 Å². The van der Waals surface area contributed by atoms with Crippen molar-refractivity contribution in [2.45, 2.75) is 26.7 Å². The highest BCUT2D eigenvalue weighted by Crippen LogP contribution is 2.31. The Morgan fingerprint density at radius 2 is 1.41 bits per heavy atom. The maximum atomic E-state index is 5.10. The molecule has 134 valence electrons. The minimum atomic E-state index is 0.874. The van der Waals surface area contributed by atoms with Crippen LogP contribution < -0.4 is 0 Å². The Bertz CT molecular complexity index is 1040. The maximum Gasteiger partial charge on any atom is 0.102 e. The summed E-state index contributed by atoms with van der Waals surface area (Å²) in [7, 11) is 0. The summed E-state index contributed by atoms with van der Waals surface area (Å²) in [6.07, 6.45) is 1.83. The van der Waals surface area contributed by atoms with Crippen LogP contribution in [0, 0.1) is 13.8 Å². The number of rotatable bonds is 5. The molecule has 2 aromatic heterocycles. The van der Waals surface area contributed by atoms with Crippen molar-refractivity contribution in [3.63, 3.8) is 0 Å². The summed E-state index contributed by atoms with van der Waals surface area (Å²) in [5.74, 6) is 0. The molecule has 0 N–H and O–H groups in total. The van der Waals surface area contributed by atoms with Crippen molar-refractivity contribution in [3.05, 3.63) is 94.6 Å². The van der Waals surface area contributed by atoms with E-state index in [0.29, 0.717) is 0 Å². The standard InChI is InChI=1S/C24H22N2S/c1-17-13-16-22(27-17)23-18(2)25-24(20-11-7-4-8-12-20)21(26-23)15-14-19-9-5-3-6-10-19/h3-13,16H,14-15H2,1-2H3. The molecule has 0 aliphatic heterocycles. The van der Waals surface area contributed by atoms with Crippen LogP contribution in [0.5, 0.6) is 0 Å². The highest BCUT2D eigenvalue weighted by molar-refractivity contribution is 7.15. The fraction of sp³-hybridized carbons (Fsp3) is 0.167. The van der Waals surface area contributed by atoms with E-state index in [-0.39, 0.29) is 0 Å². The quantitative estimate of drug-likeness (QED) is 0.413. The normalized spacial score (nSPS) is 10.9. The summed E-state index contributed by atoms with van der Waals surface area (Å²) in [4.78, 5) is 12.6. The molecule has 0 spiro atoms. The average molecular weight is 371 g/mol. The van der Waals surface area contributed by atoms with E-state index in [4.69, 9.17) is 9.97 Å². The van der Waals surface area contributed by atoms with Gasteiger partial charge in [0.05, 0.1) is 22.0 Å². The Hall–Kier alpha value is -2.78. The highest BCUT2D eigenvalue weighted by atomic mass is 32.1. The molecule has 0 saturated heterocycles. The Morgan fingerprint density at radius 3 is 2.07 bits per heavy atom. The summed E-state index contributed by atoms with van der Waals surface area (Å²) in [6.45, 7) is 4.19. The Labute approximate surface area is 164 Å². The molecule has 3 heteroatoms. The smallest absolute Gasteiger partial charge is 0.102 e. The van der Waals surface area contributed by atoms with Gasteiger partial charge >= 0.3 is 0 Å². The van der Waals surface area contributed by atoms with E-state index in [0.717, 1.165) is 41.2 Å². The molecular formula is C24H22N2S. The van der Waals surface area contributed by atoms with Gasteiger partial charge in [-0.15, -0.1) is 11.3 Å². The van der Waals surface area contributed by atoms with Gasteiger partial charge in [0.1, 0.15) is 5.69 Å². The second-order valence-corrected chi connectivity index (χ2v) is 8.00. The molecule has 0 atom stereocenters. The lowest BCUT2D eigenvalue weighted by Crippen LogP contribution is -2.04. The molecule has 0 aliphatic carbocycles. The third kappa shape index (κ3) is 3.99. The van der Waals surface area contributed by atoms with E-state index in [1.165, 1.54) is 15.3 Å². The van der Waals surface area contributed by atoms with Gasteiger partial charge in [-0.05, 0) is 44.4 Å². The lowest BCUT2D eigenvalue weighted by atomic mass is 10.0. The summed E-state index contributed by atoms with van der Waals surface area (Å²) >= 11 is 1.78. The number of benzene rings is 2. The van der Waals surface area contributed by atoms with Gasteiger partial charge in [-0.3, -0.25) is 0 Å². The predicted molar refractivity (Wildman–Crippen MR) is 114 cm³/mol. The largest absolute Gasteiger partial charge is 0.249 e. The summed E-state index contributed by atoms with van der Waals surface area (Å²) in [5.41, 5.74) is 6.52. The fourth-order valence-corrected chi connectivity index (χ4v) is 4.17. The van der Waals surface area contributed by atoms with E-state index < -0.39 is 0 Å². The number of hydrogen-bond acceptors (Lipinski definition) is 3. The Kier molecular flexibility index (Phi) is 5.12. The molecule has 0 amide bonds. The molecule has 0 unspecified atom stereocenters. The van der Waals surface area contributed by atoms with Crippen LogP contribution in [0.2, 0.25) is 0 Å². The zero-order valence-corrected chi connectivity index (χ0v) is 16.5. The second-order valence-electron chi connectivity index (χ2n) is 6.71. The first-order chi connectivity index (χ1) is 13.2. The number of nitrogens with zero attached hydrogens (tertiary/aromatic N) is 2. The molecule has 4 rings (SSSR count). The molecule has 0 saturated carbocycles. The van der Waals surface area contributed by atoms with Gasteiger partial charge in [0.2, 0.25) is 0 Å². The van der Waals surface area contributed by atoms with Crippen molar-refractivity contribution in [1.29, 1.82) is 0 Å². The van der Waals surface area contributed by atoms with Crippen molar-refractivity contribution in [3.8, 4) is 21.8 Å². The van der Waals surface area contributed by atoms with Crippen molar-refractivity contribution < 1.29 is 0 Å². The molecule has 0 bridgehead atoms. The van der Waals surface area contributed by atoms with Crippen molar-refractivity contribution in [2.24, 2.45) is 0 Å². The molecule has 2 nitrogen and oxygen atoms in total. The first-order valence-corrected chi connectivity index (χ1v) is 10.1. The molecule has 27 heavy (non-hydrogen) atoms. The molecule has 0 fully saturated rings. The predicted octanol–water partition coefficient (Wildman–Crippen LogP) is 6.27.